The van der Waals surface area contributed by atoms with Gasteiger partial charge in [-0.05, 0) is 6.07 Å². The molecule has 0 bridgehead atoms. The second-order valence-electron chi connectivity index (χ2n) is 1.94. The molecule has 0 aromatic carbocycles. The highest BCUT2D eigenvalue weighted by Crippen LogP contribution is 2.10. The Hall–Kier alpha value is -2.25. The van der Waals surface area contributed by atoms with Gasteiger partial charge < -0.3 is 16.0 Å². The number of hydrogen-bond donors (Lipinski definition) is 3. The maximum atomic E-state index is 12.7. The van der Waals surface area contributed by atoms with Crippen LogP contribution in [0.2, 0.25) is 0 Å². The van der Waals surface area contributed by atoms with E-state index in [0.717, 1.165) is 12.3 Å². The largest absolute Gasteiger partial charge is 0.478 e. The lowest BCUT2D eigenvalue weighted by Crippen LogP contribution is -2.04. The van der Waals surface area contributed by atoms with Crippen LogP contribution in [0, 0.1) is 10.7 Å². The fourth-order valence-corrected chi connectivity index (χ4v) is 0.625. The van der Waals surface area contributed by atoms with E-state index >= 15 is 0 Å². The van der Waals surface area contributed by atoms with E-state index in [1.807, 2.05) is 0 Å². The van der Waals surface area contributed by atoms with E-state index in [1.165, 1.54) is 5.34 Å². The first-order chi connectivity index (χ1) is 6.54. The number of carbonyl (C=O) groups is 1. The van der Waals surface area contributed by atoms with Gasteiger partial charge in [0.2, 0.25) is 0 Å². The number of aromatic nitrogens is 1. The number of rotatable bonds is 1. The van der Waals surface area contributed by atoms with Crippen molar-refractivity contribution >= 4 is 11.8 Å². The zero-order valence-corrected chi connectivity index (χ0v) is 6.72. The first-order valence-electron chi connectivity index (χ1n) is 3.14. The Kier molecular flexibility index (Phi) is 4.54. The molecule has 0 unspecified atom stereocenters. The quantitative estimate of drug-likeness (QED) is 0.454. The van der Waals surface area contributed by atoms with Crippen LogP contribution in [0.3, 0.4) is 0 Å². The topological polar surface area (TPSA) is 126 Å². The number of aromatic carboxylic acids is 1. The summed E-state index contributed by atoms with van der Waals surface area (Å²) < 4.78 is 12.7. The lowest BCUT2D eigenvalue weighted by atomic mass is 10.2. The first kappa shape index (κ1) is 11.8. The average Bonchev–Trinajstić information content (AvgIpc) is 2.10. The van der Waals surface area contributed by atoms with Crippen LogP contribution in [-0.2, 0) is 0 Å². The van der Waals surface area contributed by atoms with Gasteiger partial charge in [-0.2, -0.15) is 0 Å². The molecule has 1 aromatic rings. The Morgan fingerprint density at radius 3 is 2.50 bits per heavy atom. The summed E-state index contributed by atoms with van der Waals surface area (Å²) in [6.45, 7) is 0. The van der Waals surface area contributed by atoms with E-state index in [2.05, 4.69) is 4.98 Å². The van der Waals surface area contributed by atoms with Gasteiger partial charge in [-0.15, -0.1) is 4.91 Å². The van der Waals surface area contributed by atoms with Gasteiger partial charge in [0.15, 0.2) is 17.0 Å². The molecule has 0 radical (unpaired) electrons. The van der Waals surface area contributed by atoms with Gasteiger partial charge in [-0.1, -0.05) is 0 Å². The number of pyridine rings is 1. The van der Waals surface area contributed by atoms with Crippen LogP contribution in [0.15, 0.2) is 17.6 Å². The normalized spacial score (nSPS) is 8.36. The zero-order valence-electron chi connectivity index (χ0n) is 6.72. The van der Waals surface area contributed by atoms with Crippen LogP contribution < -0.4 is 5.73 Å². The summed E-state index contributed by atoms with van der Waals surface area (Å²) in [6, 6.07) is 1.05. The summed E-state index contributed by atoms with van der Waals surface area (Å²) >= 11 is 0. The summed E-state index contributed by atoms with van der Waals surface area (Å²) in [4.78, 5) is 21.7. The second kappa shape index (κ2) is 5.41. The van der Waals surface area contributed by atoms with E-state index in [-0.39, 0.29) is 0 Å². The van der Waals surface area contributed by atoms with Crippen molar-refractivity contribution in [1.82, 2.24) is 4.98 Å². The predicted octanol–water partition coefficient (Wildman–Crippen LogP) is 0.643. The summed E-state index contributed by atoms with van der Waals surface area (Å²) in [6.07, 6.45) is 1.14. The molecule has 14 heavy (non-hydrogen) atoms. The number of halogens is 1. The second-order valence-corrected chi connectivity index (χ2v) is 1.94. The SMILES string of the molecule is Nc1nccc(C(=O)O)c1F.O=NO. The van der Waals surface area contributed by atoms with Crippen molar-refractivity contribution in [3.8, 4) is 0 Å². The van der Waals surface area contributed by atoms with Gasteiger partial charge in [-0.3, -0.25) is 0 Å². The third kappa shape index (κ3) is 3.01. The molecular formula is C6H6FN3O4. The van der Waals surface area contributed by atoms with Crippen LogP contribution in [0.1, 0.15) is 10.4 Å². The molecular weight excluding hydrogens is 197 g/mol. The molecule has 7 nitrogen and oxygen atoms in total. The van der Waals surface area contributed by atoms with Gasteiger partial charge in [0.1, 0.15) is 5.56 Å². The molecule has 8 heteroatoms. The monoisotopic (exact) mass is 203 g/mol. The minimum atomic E-state index is -1.35. The molecule has 1 rings (SSSR count). The van der Waals surface area contributed by atoms with Crippen molar-refractivity contribution < 1.29 is 19.5 Å². The maximum absolute atomic E-state index is 12.7. The summed E-state index contributed by atoms with van der Waals surface area (Å²) in [5.74, 6) is -2.73. The number of anilines is 1. The highest BCUT2D eigenvalue weighted by atomic mass is 19.1. The molecule has 1 heterocycles. The summed E-state index contributed by atoms with van der Waals surface area (Å²) in [7, 11) is 0. The predicted molar refractivity (Wildman–Crippen MR) is 43.1 cm³/mol. The Balaban J connectivity index is 0.000000500. The number of hydrogen-bond acceptors (Lipinski definition) is 5. The molecule has 1 aromatic heterocycles. The minimum Gasteiger partial charge on any atom is -0.478 e. The highest BCUT2D eigenvalue weighted by Gasteiger charge is 2.12. The number of nitrogen functional groups attached to an aromatic ring is 1. The van der Waals surface area contributed by atoms with E-state index < -0.39 is 23.2 Å². The van der Waals surface area contributed by atoms with Crippen molar-refractivity contribution in [3.63, 3.8) is 0 Å². The van der Waals surface area contributed by atoms with Crippen LogP contribution in [0.25, 0.3) is 0 Å². The van der Waals surface area contributed by atoms with Gasteiger partial charge >= 0.3 is 5.97 Å². The molecule has 0 fully saturated rings. The fraction of sp³-hybridized carbons (Fsp3) is 0. The van der Waals surface area contributed by atoms with E-state index in [0.29, 0.717) is 0 Å². The Morgan fingerprint density at radius 1 is 1.64 bits per heavy atom. The lowest BCUT2D eigenvalue weighted by molar-refractivity contribution is 0.0692. The van der Waals surface area contributed by atoms with E-state index in [9.17, 15) is 9.18 Å². The van der Waals surface area contributed by atoms with E-state index in [4.69, 9.17) is 21.0 Å². The molecule has 0 atom stereocenters. The van der Waals surface area contributed by atoms with Gasteiger partial charge in [0, 0.05) is 6.20 Å². The molecule has 76 valence electrons. The number of nitrogens with two attached hydrogens (primary N) is 1. The Morgan fingerprint density at radius 2 is 2.14 bits per heavy atom. The third-order valence-electron chi connectivity index (χ3n) is 1.15. The maximum Gasteiger partial charge on any atom is 0.338 e. The minimum absolute atomic E-state index is 0.398. The molecule has 0 aliphatic rings. The fourth-order valence-electron chi connectivity index (χ4n) is 0.625. The highest BCUT2D eigenvalue weighted by molar-refractivity contribution is 5.88. The third-order valence-corrected chi connectivity index (χ3v) is 1.15. The van der Waals surface area contributed by atoms with Crippen LogP contribution in [-0.4, -0.2) is 21.3 Å². The van der Waals surface area contributed by atoms with Crippen LogP contribution in [0.4, 0.5) is 10.2 Å². The van der Waals surface area contributed by atoms with Gasteiger partial charge in [0.05, 0.1) is 0 Å². The van der Waals surface area contributed by atoms with Crippen molar-refractivity contribution in [1.29, 1.82) is 0 Å². The molecule has 0 aliphatic carbocycles. The Bertz CT molecular complexity index is 344. The molecule has 0 saturated heterocycles. The molecule has 0 amide bonds. The standard InChI is InChI=1S/C6H5FN2O2.HNO2/c7-4-3(6(10)11)1-2-9-5(4)8;2-1-3/h1-2H,(H2,8,9)(H,10,11);(H,2,3). The smallest absolute Gasteiger partial charge is 0.338 e. The number of carboxylic acid groups (broad SMARTS) is 1. The first-order valence-corrected chi connectivity index (χ1v) is 3.14. The molecule has 4 N–H and O–H groups in total. The van der Waals surface area contributed by atoms with Gasteiger partial charge in [0.25, 0.3) is 0 Å². The van der Waals surface area contributed by atoms with Gasteiger partial charge in [-0.25, -0.2) is 14.2 Å². The lowest BCUT2D eigenvalue weighted by Gasteiger charge is -1.97. The van der Waals surface area contributed by atoms with E-state index in [1.54, 1.807) is 0 Å². The zero-order chi connectivity index (χ0) is 11.1. The summed E-state index contributed by atoms with van der Waals surface area (Å²) in [5.41, 5.74) is 4.55. The summed E-state index contributed by atoms with van der Waals surface area (Å²) in [5, 5.41) is 16.3. The number of nitrogens with zero attached hydrogens (tertiary/aromatic N) is 2. The average molecular weight is 203 g/mol. The molecule has 0 aliphatic heterocycles. The Labute approximate surface area is 76.9 Å². The van der Waals surface area contributed by atoms with Crippen molar-refractivity contribution in [3.05, 3.63) is 28.6 Å². The number of carboxylic acids is 1. The van der Waals surface area contributed by atoms with Crippen LogP contribution in [0.5, 0.6) is 0 Å². The van der Waals surface area contributed by atoms with Crippen LogP contribution >= 0.6 is 0 Å². The van der Waals surface area contributed by atoms with Crippen molar-refractivity contribution in [2.24, 2.45) is 5.34 Å². The van der Waals surface area contributed by atoms with Crippen molar-refractivity contribution in [2.45, 2.75) is 0 Å². The molecule has 0 spiro atoms. The molecule has 0 saturated carbocycles. The van der Waals surface area contributed by atoms with Crippen molar-refractivity contribution in [2.75, 3.05) is 5.73 Å².